The van der Waals surface area contributed by atoms with Crippen LogP contribution in [0.4, 0.5) is 0 Å². The van der Waals surface area contributed by atoms with Gasteiger partial charge in [-0.25, -0.2) is 9.67 Å². The Morgan fingerprint density at radius 2 is 1.88 bits per heavy atom. The third-order valence-electron chi connectivity index (χ3n) is 7.95. The molecule has 0 saturated carbocycles. The van der Waals surface area contributed by atoms with Crippen LogP contribution in [-0.2, 0) is 29.0 Å². The van der Waals surface area contributed by atoms with Crippen LogP contribution >= 0.6 is 0 Å². The van der Waals surface area contributed by atoms with Crippen molar-refractivity contribution in [1.29, 1.82) is 0 Å². The Labute approximate surface area is 288 Å². The van der Waals surface area contributed by atoms with Crippen molar-refractivity contribution in [3.05, 3.63) is 95.8 Å². The maximum atomic E-state index is 13.7. The molecule has 2 aromatic carbocycles. The highest BCUT2D eigenvalue weighted by Gasteiger charge is 2.30. The summed E-state index contributed by atoms with van der Waals surface area (Å²) < 4.78 is 13.0. The van der Waals surface area contributed by atoms with Crippen molar-refractivity contribution >= 4 is 23.6 Å². The van der Waals surface area contributed by atoms with Crippen LogP contribution < -0.4 is 25.4 Å². The quantitative estimate of drug-likeness (QED) is 0.209. The Kier molecular flexibility index (Phi) is 12.0. The molecule has 0 unspecified atom stereocenters. The molecule has 262 valence electrons. The number of hydrogen-bond donors (Lipinski definition) is 4. The number of nitrogens with zero attached hydrogens (tertiary/aromatic N) is 6. The van der Waals surface area contributed by atoms with Gasteiger partial charge in [0.2, 0.25) is 11.8 Å². The summed E-state index contributed by atoms with van der Waals surface area (Å²) in [5, 5.41) is 27.0. The zero-order valence-electron chi connectivity index (χ0n) is 27.7. The Bertz CT molecular complexity index is 1770. The third kappa shape index (κ3) is 9.37. The summed E-state index contributed by atoms with van der Waals surface area (Å²) in [6.45, 7) is 2.24. The van der Waals surface area contributed by atoms with E-state index in [0.29, 0.717) is 30.2 Å². The Balaban J connectivity index is 1.42. The lowest BCUT2D eigenvalue weighted by atomic mass is 10.0. The number of aliphatic hydroxyl groups is 1. The highest BCUT2D eigenvalue weighted by molar-refractivity contribution is 5.99. The average Bonchev–Trinajstić information content (AvgIpc) is 3.59. The van der Waals surface area contributed by atoms with Gasteiger partial charge >= 0.3 is 0 Å². The molecule has 50 heavy (non-hydrogen) atoms. The van der Waals surface area contributed by atoms with E-state index in [1.54, 1.807) is 23.0 Å². The first kappa shape index (κ1) is 35.4. The van der Waals surface area contributed by atoms with Crippen molar-refractivity contribution in [2.24, 2.45) is 0 Å². The lowest BCUT2D eigenvalue weighted by molar-refractivity contribution is -0.132. The number of carbonyl (C=O) groups excluding carboxylic acids is 4. The number of benzene rings is 2. The maximum Gasteiger partial charge on any atom is 0.274 e. The summed E-state index contributed by atoms with van der Waals surface area (Å²) in [6, 6.07) is 11.2. The summed E-state index contributed by atoms with van der Waals surface area (Å²) in [5.41, 5.74) is 1.72. The zero-order valence-corrected chi connectivity index (χ0v) is 27.7. The van der Waals surface area contributed by atoms with Crippen LogP contribution in [0.1, 0.15) is 39.0 Å². The van der Waals surface area contributed by atoms with Gasteiger partial charge in [0.05, 0.1) is 31.6 Å². The summed E-state index contributed by atoms with van der Waals surface area (Å²) >= 11 is 0. The van der Waals surface area contributed by atoms with Crippen LogP contribution in [0.25, 0.3) is 0 Å². The van der Waals surface area contributed by atoms with Crippen LogP contribution in [0, 0.1) is 0 Å². The lowest BCUT2D eigenvalue weighted by Gasteiger charge is -2.26. The van der Waals surface area contributed by atoms with Crippen molar-refractivity contribution in [2.75, 3.05) is 33.4 Å². The summed E-state index contributed by atoms with van der Waals surface area (Å²) in [5.74, 6) is -1.63. The van der Waals surface area contributed by atoms with Gasteiger partial charge in [-0.15, -0.1) is 5.10 Å². The number of ether oxygens (including phenoxy) is 2. The van der Waals surface area contributed by atoms with Crippen LogP contribution in [0.2, 0.25) is 0 Å². The first-order valence-electron chi connectivity index (χ1n) is 16.1. The Hall–Kier alpha value is -5.90. The van der Waals surface area contributed by atoms with Gasteiger partial charge in [0.15, 0.2) is 11.5 Å². The topological polar surface area (TPSA) is 203 Å². The Morgan fingerprint density at radius 1 is 1.06 bits per heavy atom. The largest absolute Gasteiger partial charge is 0.493 e. The minimum atomic E-state index is -1.37. The molecule has 0 saturated heterocycles. The first-order valence-corrected chi connectivity index (χ1v) is 16.1. The lowest BCUT2D eigenvalue weighted by Crippen LogP contribution is -2.58. The molecule has 16 heteroatoms. The fourth-order valence-corrected chi connectivity index (χ4v) is 5.26. The summed E-state index contributed by atoms with van der Waals surface area (Å²) in [4.78, 5) is 63.5. The van der Waals surface area contributed by atoms with E-state index in [1.807, 2.05) is 30.3 Å². The molecular weight excluding hydrogens is 646 g/mol. The van der Waals surface area contributed by atoms with E-state index in [9.17, 15) is 24.3 Å². The van der Waals surface area contributed by atoms with E-state index in [-0.39, 0.29) is 43.9 Å². The van der Waals surface area contributed by atoms with E-state index in [1.165, 1.54) is 43.6 Å². The second kappa shape index (κ2) is 17.0. The van der Waals surface area contributed by atoms with Gasteiger partial charge in [0.1, 0.15) is 24.4 Å². The molecule has 0 spiro atoms. The number of aromatic nitrogens is 5. The van der Waals surface area contributed by atoms with Crippen LogP contribution in [0.5, 0.6) is 11.5 Å². The van der Waals surface area contributed by atoms with E-state index >= 15 is 0 Å². The van der Waals surface area contributed by atoms with Gasteiger partial charge in [0, 0.05) is 56.6 Å². The number of hydrogen-bond acceptors (Lipinski definition) is 11. The van der Waals surface area contributed by atoms with Crippen molar-refractivity contribution in [3.8, 4) is 11.5 Å². The molecular formula is C34H39N9O7. The molecule has 2 aromatic heterocycles. The molecule has 0 radical (unpaired) electrons. The third-order valence-corrected chi connectivity index (χ3v) is 7.95. The molecule has 0 fully saturated rings. The van der Waals surface area contributed by atoms with Gasteiger partial charge in [0.25, 0.3) is 11.8 Å². The number of methoxy groups -OCH3 is 1. The normalized spacial score (nSPS) is 18.6. The molecule has 0 aliphatic carbocycles. The second-order valence-electron chi connectivity index (χ2n) is 11.6. The van der Waals surface area contributed by atoms with Gasteiger partial charge in [-0.1, -0.05) is 35.5 Å². The molecule has 4 heterocycles. The predicted molar refractivity (Wildman–Crippen MR) is 178 cm³/mol. The molecule has 4 bridgehead atoms. The molecule has 2 aliphatic rings. The average molecular weight is 686 g/mol. The molecule has 6 rings (SSSR count). The second-order valence-corrected chi connectivity index (χ2v) is 11.6. The Morgan fingerprint density at radius 3 is 2.62 bits per heavy atom. The number of nitrogens with one attached hydrogen (secondary N) is 3. The SMILES string of the molecule is COc1cc2ccc1OCCn1cc(nn1)CCN(C(=O)c1cnccn1)CCNC(=O)[C@H]([C@@H](C)O)NC(=O)[C@@H](Cc1ccccc1)NC2=O. The van der Waals surface area contributed by atoms with Gasteiger partial charge in [-0.05, 0) is 30.7 Å². The fraction of sp³-hybridized carbons (Fsp3) is 0.353. The summed E-state index contributed by atoms with van der Waals surface area (Å²) in [7, 11) is 1.45. The number of rotatable bonds is 5. The molecule has 16 nitrogen and oxygen atoms in total. The number of carbonyl (C=O) groups is 4. The van der Waals surface area contributed by atoms with Crippen molar-refractivity contribution < 1.29 is 33.8 Å². The van der Waals surface area contributed by atoms with E-state index < -0.39 is 41.8 Å². The van der Waals surface area contributed by atoms with Crippen LogP contribution in [0.3, 0.4) is 0 Å². The smallest absolute Gasteiger partial charge is 0.274 e. The van der Waals surface area contributed by atoms with Gasteiger partial charge in [-0.3, -0.25) is 24.2 Å². The minimum Gasteiger partial charge on any atom is -0.493 e. The number of aliphatic hydroxyl groups excluding tert-OH is 1. The van der Waals surface area contributed by atoms with E-state index in [4.69, 9.17) is 9.47 Å². The first-order chi connectivity index (χ1) is 24.2. The number of amides is 4. The summed E-state index contributed by atoms with van der Waals surface area (Å²) in [6.07, 6.45) is 5.14. The highest BCUT2D eigenvalue weighted by atomic mass is 16.5. The van der Waals surface area contributed by atoms with E-state index in [2.05, 4.69) is 36.2 Å². The van der Waals surface area contributed by atoms with Crippen molar-refractivity contribution in [1.82, 2.24) is 45.8 Å². The molecule has 2 aliphatic heterocycles. The van der Waals surface area contributed by atoms with Gasteiger partial charge in [-0.2, -0.15) is 0 Å². The standard InChI is InChI=1S/C34H39N9O7/c1-22(44)30-33(47)37-13-15-42(34(48)27-20-35-11-12-36-27)14-10-25-21-43(41-40-25)16-17-50-28-9-8-24(19-29(28)49-2)31(45)38-26(32(46)39-30)18-23-6-4-3-5-7-23/h3-9,11-12,19-22,26,30,44H,10,13-18H2,1-2H3,(H,37,47)(H,38,45)(H,39,46)/t22-,26-,30+/m1/s1. The number of fused-ring (bicyclic) bond motifs is 16. The molecule has 4 N–H and O–H groups in total. The molecule has 4 aromatic rings. The van der Waals surface area contributed by atoms with Crippen LogP contribution in [-0.4, -0.2) is 110 Å². The molecule has 3 atom stereocenters. The predicted octanol–water partition coefficient (Wildman–Crippen LogP) is 0.177. The minimum absolute atomic E-state index is 0.00418. The van der Waals surface area contributed by atoms with Crippen LogP contribution in [0.15, 0.2) is 73.3 Å². The van der Waals surface area contributed by atoms with Gasteiger partial charge < -0.3 is 35.4 Å². The zero-order chi connectivity index (χ0) is 35.5. The van der Waals surface area contributed by atoms with Crippen molar-refractivity contribution in [3.63, 3.8) is 0 Å². The highest BCUT2D eigenvalue weighted by Crippen LogP contribution is 2.28. The molecule has 4 amide bonds. The maximum absolute atomic E-state index is 13.7. The van der Waals surface area contributed by atoms with E-state index in [0.717, 1.165) is 5.56 Å². The van der Waals surface area contributed by atoms with Crippen molar-refractivity contribution in [2.45, 2.75) is 44.5 Å². The fourth-order valence-electron chi connectivity index (χ4n) is 5.26. The monoisotopic (exact) mass is 685 g/mol.